The molecule has 1 fully saturated rings. The number of carbonyl (C=O) groups excluding carboxylic acids is 1. The predicted molar refractivity (Wildman–Crippen MR) is 114 cm³/mol. The van der Waals surface area contributed by atoms with E-state index in [-0.39, 0.29) is 28.7 Å². The third-order valence-electron chi connectivity index (χ3n) is 5.13. The second-order valence-corrected chi connectivity index (χ2v) is 10.2. The minimum atomic E-state index is -1.16. The first-order valence-corrected chi connectivity index (χ1v) is 10.6. The number of esters is 1. The van der Waals surface area contributed by atoms with Gasteiger partial charge >= 0.3 is 5.97 Å². The fraction of sp³-hybridized carbons (Fsp3) is 0.273. The Kier molecular flexibility index (Phi) is 6.63. The van der Waals surface area contributed by atoms with Gasteiger partial charge in [-0.1, -0.05) is 38.1 Å². The zero-order valence-corrected chi connectivity index (χ0v) is 19.2. The van der Waals surface area contributed by atoms with Gasteiger partial charge < -0.3 is 9.47 Å². The zero-order valence-electron chi connectivity index (χ0n) is 16.0. The summed E-state index contributed by atoms with van der Waals surface area (Å²) in [6.45, 7) is 3.90. The molecule has 4 nitrogen and oxygen atoms in total. The largest absolute Gasteiger partial charge is 0.454 e. The van der Waals surface area contributed by atoms with Crippen molar-refractivity contribution in [1.82, 2.24) is 0 Å². The van der Waals surface area contributed by atoms with Crippen LogP contribution in [0.3, 0.4) is 0 Å². The SMILES string of the molecule is CC1(C)[C@H](C(=O)OC(C#N)c2cccc(Oc3cccc(F)c3F)c2)[C@@H]1C=C(Br)Br. The van der Waals surface area contributed by atoms with Crippen LogP contribution in [-0.4, -0.2) is 5.97 Å². The van der Waals surface area contributed by atoms with Gasteiger partial charge in [-0.3, -0.25) is 4.79 Å². The van der Waals surface area contributed by atoms with Crippen LogP contribution in [0.2, 0.25) is 0 Å². The number of nitriles is 1. The molecule has 8 heteroatoms. The van der Waals surface area contributed by atoms with Crippen LogP contribution in [0.4, 0.5) is 8.78 Å². The average Bonchev–Trinajstić information content (AvgIpc) is 3.22. The summed E-state index contributed by atoms with van der Waals surface area (Å²) in [6, 6.07) is 11.7. The summed E-state index contributed by atoms with van der Waals surface area (Å²) in [7, 11) is 0. The molecule has 0 spiro atoms. The third-order valence-corrected chi connectivity index (χ3v) is 5.65. The minimum absolute atomic E-state index is 0.0243. The molecule has 2 aromatic carbocycles. The quantitative estimate of drug-likeness (QED) is 0.379. The molecule has 0 bridgehead atoms. The number of nitrogens with zero attached hydrogens (tertiary/aromatic N) is 1. The van der Waals surface area contributed by atoms with Crippen molar-refractivity contribution in [1.29, 1.82) is 5.26 Å². The predicted octanol–water partition coefficient (Wildman–Crippen LogP) is 6.77. The van der Waals surface area contributed by atoms with Crippen LogP contribution in [0.15, 0.2) is 51.9 Å². The van der Waals surface area contributed by atoms with E-state index in [2.05, 4.69) is 31.9 Å². The Morgan fingerprint density at radius 3 is 2.60 bits per heavy atom. The molecule has 2 aromatic rings. The Bertz CT molecular complexity index is 1040. The Morgan fingerprint density at radius 2 is 1.93 bits per heavy atom. The van der Waals surface area contributed by atoms with Gasteiger partial charge in [0.2, 0.25) is 11.9 Å². The molecule has 3 rings (SSSR count). The monoisotopic (exact) mass is 539 g/mol. The van der Waals surface area contributed by atoms with E-state index >= 15 is 0 Å². The molecule has 0 aliphatic heterocycles. The minimum Gasteiger partial charge on any atom is -0.454 e. The number of carbonyl (C=O) groups is 1. The van der Waals surface area contributed by atoms with Crippen molar-refractivity contribution in [2.24, 2.45) is 17.3 Å². The maximum Gasteiger partial charge on any atom is 0.311 e. The normalized spacial score (nSPS) is 19.9. The average molecular weight is 541 g/mol. The maximum absolute atomic E-state index is 13.8. The van der Waals surface area contributed by atoms with Gasteiger partial charge in [0.15, 0.2) is 11.6 Å². The zero-order chi connectivity index (χ0) is 22.1. The van der Waals surface area contributed by atoms with Crippen molar-refractivity contribution in [3.8, 4) is 17.6 Å². The summed E-state index contributed by atoms with van der Waals surface area (Å²) in [6.07, 6.45) is 0.724. The molecule has 0 radical (unpaired) electrons. The fourth-order valence-electron chi connectivity index (χ4n) is 3.36. The lowest BCUT2D eigenvalue weighted by molar-refractivity contribution is -0.149. The Balaban J connectivity index is 1.76. The Hall–Kier alpha value is -2.24. The summed E-state index contributed by atoms with van der Waals surface area (Å²) < 4.78 is 38.8. The second-order valence-electron chi connectivity index (χ2n) is 7.45. The first kappa shape index (κ1) is 22.4. The lowest BCUT2D eigenvalue weighted by Crippen LogP contribution is -2.14. The lowest BCUT2D eigenvalue weighted by Gasteiger charge is -2.14. The van der Waals surface area contributed by atoms with Crippen molar-refractivity contribution in [3.63, 3.8) is 0 Å². The number of ether oxygens (including phenoxy) is 2. The molecule has 0 amide bonds. The lowest BCUT2D eigenvalue weighted by atomic mass is 10.1. The van der Waals surface area contributed by atoms with Gasteiger partial charge in [0, 0.05) is 5.56 Å². The summed E-state index contributed by atoms with van der Waals surface area (Å²) in [5.74, 6) is -3.12. The number of rotatable bonds is 6. The Labute approximate surface area is 189 Å². The summed E-state index contributed by atoms with van der Waals surface area (Å²) in [4.78, 5) is 12.7. The van der Waals surface area contributed by atoms with Crippen molar-refractivity contribution in [2.75, 3.05) is 0 Å². The Morgan fingerprint density at radius 1 is 1.23 bits per heavy atom. The maximum atomic E-state index is 13.8. The number of hydrogen-bond donors (Lipinski definition) is 0. The van der Waals surface area contributed by atoms with E-state index in [1.165, 1.54) is 24.3 Å². The van der Waals surface area contributed by atoms with Gasteiger partial charge in [0.25, 0.3) is 0 Å². The molecule has 156 valence electrons. The smallest absolute Gasteiger partial charge is 0.311 e. The molecule has 0 N–H and O–H groups in total. The van der Waals surface area contributed by atoms with Gasteiger partial charge in [-0.25, -0.2) is 4.39 Å². The molecule has 1 aliphatic rings. The molecule has 1 unspecified atom stereocenters. The van der Waals surface area contributed by atoms with Crippen LogP contribution >= 0.6 is 31.9 Å². The molecular weight excluding hydrogens is 524 g/mol. The number of benzene rings is 2. The van der Waals surface area contributed by atoms with E-state index in [4.69, 9.17) is 9.47 Å². The molecular formula is C22H17Br2F2NO3. The molecule has 0 aromatic heterocycles. The second kappa shape index (κ2) is 8.86. The van der Waals surface area contributed by atoms with Crippen molar-refractivity contribution in [2.45, 2.75) is 20.0 Å². The van der Waals surface area contributed by atoms with Gasteiger partial charge in [-0.15, -0.1) is 0 Å². The molecule has 0 saturated heterocycles. The van der Waals surface area contributed by atoms with Crippen molar-refractivity contribution in [3.05, 3.63) is 69.1 Å². The van der Waals surface area contributed by atoms with E-state index in [0.717, 1.165) is 9.46 Å². The topological polar surface area (TPSA) is 59.3 Å². The highest BCUT2D eigenvalue weighted by Gasteiger charge is 2.61. The molecule has 0 heterocycles. The van der Waals surface area contributed by atoms with Gasteiger partial charge in [0.05, 0.1) is 9.31 Å². The number of allylic oxidation sites excluding steroid dienone is 1. The van der Waals surface area contributed by atoms with Crippen LogP contribution in [0.5, 0.6) is 11.5 Å². The summed E-state index contributed by atoms with van der Waals surface area (Å²) in [5.41, 5.74) is 0.0800. The highest BCUT2D eigenvalue weighted by atomic mass is 79.9. The van der Waals surface area contributed by atoms with Crippen LogP contribution in [0.1, 0.15) is 25.5 Å². The van der Waals surface area contributed by atoms with E-state index in [1.807, 2.05) is 26.0 Å². The standard InChI is InChI=1S/C22H17Br2F2NO3/c1-22(2)14(10-18(23)24)19(22)21(28)30-17(11-27)12-5-3-6-13(9-12)29-16-8-4-7-15(25)20(16)26/h3-10,14,17,19H,1-2H3/t14-,17?,19-/m0/s1. The van der Waals surface area contributed by atoms with Gasteiger partial charge in [0.1, 0.15) is 11.8 Å². The first-order chi connectivity index (χ1) is 14.1. The highest BCUT2D eigenvalue weighted by molar-refractivity contribution is 9.28. The molecule has 1 saturated carbocycles. The van der Waals surface area contributed by atoms with Crippen molar-refractivity contribution >= 4 is 37.8 Å². The molecule has 30 heavy (non-hydrogen) atoms. The van der Waals surface area contributed by atoms with Gasteiger partial charge in [-0.05, 0) is 67.5 Å². The molecule has 1 aliphatic carbocycles. The van der Waals surface area contributed by atoms with E-state index in [0.29, 0.717) is 5.56 Å². The number of hydrogen-bond acceptors (Lipinski definition) is 4. The van der Waals surface area contributed by atoms with Crippen LogP contribution < -0.4 is 4.74 Å². The van der Waals surface area contributed by atoms with E-state index in [1.54, 1.807) is 12.1 Å². The van der Waals surface area contributed by atoms with Crippen LogP contribution in [0.25, 0.3) is 0 Å². The summed E-state index contributed by atoms with van der Waals surface area (Å²) in [5, 5.41) is 9.53. The van der Waals surface area contributed by atoms with Crippen molar-refractivity contribution < 1.29 is 23.0 Å². The summed E-state index contributed by atoms with van der Waals surface area (Å²) >= 11 is 6.60. The molecule has 3 atom stereocenters. The van der Waals surface area contributed by atoms with Gasteiger partial charge in [-0.2, -0.15) is 9.65 Å². The first-order valence-electron chi connectivity index (χ1n) is 9.00. The van der Waals surface area contributed by atoms with E-state index in [9.17, 15) is 18.8 Å². The fourth-order valence-corrected chi connectivity index (χ4v) is 3.93. The van der Waals surface area contributed by atoms with E-state index < -0.39 is 23.7 Å². The van der Waals surface area contributed by atoms with Crippen LogP contribution in [0, 0.1) is 40.2 Å². The highest BCUT2D eigenvalue weighted by Crippen LogP contribution is 2.60. The van der Waals surface area contributed by atoms with Crippen LogP contribution in [-0.2, 0) is 9.53 Å². The number of halogens is 4. The third kappa shape index (κ3) is 4.73.